The number of nitrogens with one attached hydrogen (secondary N) is 1. The summed E-state index contributed by atoms with van der Waals surface area (Å²) >= 11 is 1.47. The maximum Gasteiger partial charge on any atom is 0.0173 e. The third kappa shape index (κ3) is 5.84. The highest BCUT2D eigenvalue weighted by Crippen LogP contribution is 2.09. The van der Waals surface area contributed by atoms with Crippen LogP contribution in [0.1, 0.15) is 6.92 Å². The highest BCUT2D eigenvalue weighted by molar-refractivity contribution is 8.01. The molecule has 0 spiro atoms. The average molecular weight is 179 g/mol. The van der Waals surface area contributed by atoms with Gasteiger partial charge < -0.3 is 0 Å². The molecule has 0 atom stereocenters. The molecule has 0 fully saturated rings. The molecule has 0 aliphatic rings. The molecule has 0 aliphatic heterocycles. The highest BCUT2D eigenvalue weighted by atomic mass is 32.2. The molecule has 0 bridgehead atoms. The first-order valence-electron chi connectivity index (χ1n) is 3.53. The van der Waals surface area contributed by atoms with E-state index in [-0.39, 0.29) is 0 Å². The Morgan fingerprint density at radius 1 is 1.42 bits per heavy atom. The van der Waals surface area contributed by atoms with Crippen LogP contribution in [0.15, 0.2) is 35.8 Å². The summed E-state index contributed by atoms with van der Waals surface area (Å²) in [5.41, 5.74) is 0.801. The molecular weight excluding hydrogens is 166 g/mol. The Balaban J connectivity index is 3.95. The summed E-state index contributed by atoms with van der Waals surface area (Å²) in [7, 11) is 1.85. The molecule has 0 unspecified atom stereocenters. The van der Waals surface area contributed by atoms with Crippen molar-refractivity contribution in [2.24, 2.45) is 0 Å². The summed E-state index contributed by atoms with van der Waals surface area (Å²) in [6.45, 7) is 9.33. The lowest BCUT2D eigenvalue weighted by Crippen LogP contribution is -1.89. The van der Waals surface area contributed by atoms with Gasteiger partial charge in [-0.15, -0.1) is 5.92 Å². The third-order valence-electron chi connectivity index (χ3n) is 0.989. The van der Waals surface area contributed by atoms with E-state index in [1.165, 1.54) is 11.9 Å². The minimum absolute atomic E-state index is 0.801. The lowest BCUT2D eigenvalue weighted by atomic mass is 10.3. The molecule has 0 aromatic rings. The highest BCUT2D eigenvalue weighted by Gasteiger charge is 1.85. The molecule has 0 rings (SSSR count). The van der Waals surface area contributed by atoms with Gasteiger partial charge in [-0.1, -0.05) is 19.1 Å². The third-order valence-corrected chi connectivity index (χ3v) is 1.59. The zero-order chi connectivity index (χ0) is 9.40. The van der Waals surface area contributed by atoms with Crippen LogP contribution in [0.3, 0.4) is 0 Å². The Hall–Kier alpha value is -0.910. The second-order valence-corrected chi connectivity index (χ2v) is 3.14. The molecule has 1 nitrogen and oxygen atoms in total. The summed E-state index contributed by atoms with van der Waals surface area (Å²) in [5, 5.41) is 0. The molecule has 0 aliphatic carbocycles. The predicted molar refractivity (Wildman–Crippen MR) is 57.5 cm³/mol. The first-order valence-corrected chi connectivity index (χ1v) is 4.34. The van der Waals surface area contributed by atoms with Crippen LogP contribution in [0.2, 0.25) is 0 Å². The van der Waals surface area contributed by atoms with Gasteiger partial charge in [-0.25, -0.2) is 0 Å². The summed E-state index contributed by atoms with van der Waals surface area (Å²) in [6, 6.07) is 0. The first-order chi connectivity index (χ1) is 5.70. The second-order valence-electron chi connectivity index (χ2n) is 2.01. The van der Waals surface area contributed by atoms with Crippen molar-refractivity contribution < 1.29 is 0 Å². The molecule has 0 saturated carbocycles. The minimum atomic E-state index is 0.801. The van der Waals surface area contributed by atoms with E-state index in [4.69, 9.17) is 0 Å². The van der Waals surface area contributed by atoms with Gasteiger partial charge in [0.1, 0.15) is 0 Å². The lowest BCUT2D eigenvalue weighted by molar-refractivity contribution is 1.30. The molecule has 64 valence electrons. The van der Waals surface area contributed by atoms with Gasteiger partial charge in [0, 0.05) is 10.5 Å². The van der Waals surface area contributed by atoms with Crippen molar-refractivity contribution in [2.75, 3.05) is 7.05 Å². The van der Waals surface area contributed by atoms with Crippen molar-refractivity contribution in [1.29, 1.82) is 0 Å². The van der Waals surface area contributed by atoms with Crippen molar-refractivity contribution in [2.45, 2.75) is 6.92 Å². The fourth-order valence-electron chi connectivity index (χ4n) is 0.561. The quantitative estimate of drug-likeness (QED) is 0.404. The van der Waals surface area contributed by atoms with E-state index in [9.17, 15) is 0 Å². The zero-order valence-corrected chi connectivity index (χ0v) is 8.29. The monoisotopic (exact) mass is 179 g/mol. The van der Waals surface area contributed by atoms with Gasteiger partial charge in [-0.3, -0.25) is 4.72 Å². The summed E-state index contributed by atoms with van der Waals surface area (Å²) in [4.78, 5) is 0.941. The van der Waals surface area contributed by atoms with E-state index in [0.717, 1.165) is 10.5 Å². The maximum absolute atomic E-state index is 3.80. The fourth-order valence-corrected chi connectivity index (χ4v) is 0.959. The molecular formula is C10H13NS. The molecule has 0 radical (unpaired) electrons. The number of allylic oxidation sites excluding steroid dienone is 3. The van der Waals surface area contributed by atoms with Gasteiger partial charge in [-0.2, -0.15) is 0 Å². The van der Waals surface area contributed by atoms with E-state index in [2.05, 4.69) is 29.7 Å². The standard InChI is InChI=1S/C10H13NS/c1-5-6-9(2)7-8-10(3)12-11-4/h7-8,11H,2-3H2,1,4H3/b8-7-. The Bertz CT molecular complexity index is 253. The predicted octanol–water partition coefficient (Wildman–Crippen LogP) is 2.50. The minimum Gasteiger partial charge on any atom is -0.263 e. The zero-order valence-electron chi connectivity index (χ0n) is 7.48. The van der Waals surface area contributed by atoms with E-state index >= 15 is 0 Å². The number of rotatable bonds is 4. The summed E-state index contributed by atoms with van der Waals surface area (Å²) < 4.78 is 2.92. The van der Waals surface area contributed by atoms with Crippen molar-refractivity contribution in [3.63, 3.8) is 0 Å². The second kappa shape index (κ2) is 6.78. The van der Waals surface area contributed by atoms with Crippen LogP contribution >= 0.6 is 11.9 Å². The van der Waals surface area contributed by atoms with E-state index < -0.39 is 0 Å². The lowest BCUT2D eigenvalue weighted by Gasteiger charge is -1.94. The first kappa shape index (κ1) is 11.1. The van der Waals surface area contributed by atoms with Crippen LogP contribution < -0.4 is 4.72 Å². The van der Waals surface area contributed by atoms with Crippen LogP contribution in [0.5, 0.6) is 0 Å². The molecule has 1 N–H and O–H groups in total. The Morgan fingerprint density at radius 3 is 2.58 bits per heavy atom. The molecule has 0 aromatic heterocycles. The van der Waals surface area contributed by atoms with Crippen LogP contribution in [-0.4, -0.2) is 7.05 Å². The van der Waals surface area contributed by atoms with Crippen LogP contribution in [-0.2, 0) is 0 Å². The molecule has 0 heterocycles. The van der Waals surface area contributed by atoms with Crippen LogP contribution in [0.25, 0.3) is 0 Å². The average Bonchev–Trinajstić information content (AvgIpc) is 2.02. The molecule has 2 heteroatoms. The van der Waals surface area contributed by atoms with Gasteiger partial charge in [-0.05, 0) is 38.1 Å². The maximum atomic E-state index is 3.80. The van der Waals surface area contributed by atoms with E-state index in [1.54, 1.807) is 6.92 Å². The van der Waals surface area contributed by atoms with E-state index in [0.29, 0.717) is 0 Å². The van der Waals surface area contributed by atoms with Crippen molar-refractivity contribution in [3.8, 4) is 11.8 Å². The van der Waals surface area contributed by atoms with Gasteiger partial charge in [0.15, 0.2) is 0 Å². The Labute approximate surface area is 78.8 Å². The van der Waals surface area contributed by atoms with Crippen molar-refractivity contribution >= 4 is 11.9 Å². The topological polar surface area (TPSA) is 12.0 Å². The Morgan fingerprint density at radius 2 is 2.08 bits per heavy atom. The van der Waals surface area contributed by atoms with Gasteiger partial charge >= 0.3 is 0 Å². The summed E-state index contributed by atoms with van der Waals surface area (Å²) in [5.74, 6) is 5.61. The van der Waals surface area contributed by atoms with E-state index in [1.807, 2.05) is 19.2 Å². The summed E-state index contributed by atoms with van der Waals surface area (Å²) in [6.07, 6.45) is 3.73. The van der Waals surface area contributed by atoms with Gasteiger partial charge in [0.2, 0.25) is 0 Å². The normalized spacial score (nSPS) is 9.17. The molecule has 0 saturated heterocycles. The Kier molecular flexibility index (Phi) is 6.26. The van der Waals surface area contributed by atoms with Gasteiger partial charge in [0.05, 0.1) is 0 Å². The fraction of sp³-hybridized carbons (Fsp3) is 0.200. The van der Waals surface area contributed by atoms with Crippen LogP contribution in [0, 0.1) is 11.8 Å². The van der Waals surface area contributed by atoms with Crippen molar-refractivity contribution in [1.82, 2.24) is 4.72 Å². The number of hydrogen-bond donors (Lipinski definition) is 1. The largest absolute Gasteiger partial charge is 0.263 e. The molecule has 0 aromatic carbocycles. The van der Waals surface area contributed by atoms with Crippen LogP contribution in [0.4, 0.5) is 0 Å². The molecule has 0 amide bonds. The van der Waals surface area contributed by atoms with Crippen molar-refractivity contribution in [3.05, 3.63) is 35.8 Å². The smallest absolute Gasteiger partial charge is 0.0173 e. The SMILES string of the molecule is C=C(C#CC)/C=C\C(=C)SNC. The van der Waals surface area contributed by atoms with Gasteiger partial charge in [0.25, 0.3) is 0 Å². The number of hydrogen-bond acceptors (Lipinski definition) is 2. The molecule has 12 heavy (non-hydrogen) atoms.